The molecule has 0 aromatic heterocycles. The maximum Gasteiger partial charge on any atom is 0.397 e. The van der Waals surface area contributed by atoms with E-state index in [0.717, 1.165) is 6.08 Å². The highest BCUT2D eigenvalue weighted by Crippen LogP contribution is 1.81. The van der Waals surface area contributed by atoms with Crippen molar-refractivity contribution in [3.8, 4) is 0 Å². The summed E-state index contributed by atoms with van der Waals surface area (Å²) in [6.45, 7) is 4.52. The standard InChI is InChI=1S/C3H5NO.C2H6O4S/c1-2-3(4)5;1-2-6-7(3,4)5/h2H,1H2,(H2,4,5);2H2,1H3,(H,3,4,5). The van der Waals surface area contributed by atoms with Gasteiger partial charge >= 0.3 is 10.4 Å². The quantitative estimate of drug-likeness (QED) is 0.467. The van der Waals surface area contributed by atoms with E-state index in [9.17, 15) is 13.2 Å². The van der Waals surface area contributed by atoms with Crippen LogP contribution in [0.4, 0.5) is 0 Å². The first-order chi connectivity index (χ1) is 5.33. The third-order valence-electron chi connectivity index (χ3n) is 0.468. The van der Waals surface area contributed by atoms with Crippen LogP contribution in [0.3, 0.4) is 0 Å². The summed E-state index contributed by atoms with van der Waals surface area (Å²) >= 11 is 0. The normalized spacial score (nSPS) is 9.50. The summed E-state index contributed by atoms with van der Waals surface area (Å²) in [5.74, 6) is -0.481. The molecular weight excluding hydrogens is 186 g/mol. The maximum atomic E-state index is 9.56. The number of rotatable bonds is 3. The van der Waals surface area contributed by atoms with Crippen LogP contribution in [0.2, 0.25) is 0 Å². The molecule has 12 heavy (non-hydrogen) atoms. The Labute approximate surface area is 71.0 Å². The molecule has 6 nitrogen and oxygen atoms in total. The van der Waals surface area contributed by atoms with Crippen molar-refractivity contribution in [2.45, 2.75) is 6.92 Å². The average molecular weight is 197 g/mol. The fraction of sp³-hybridized carbons (Fsp3) is 0.400. The zero-order valence-corrected chi connectivity index (χ0v) is 7.37. The van der Waals surface area contributed by atoms with Gasteiger partial charge in [0.1, 0.15) is 0 Å². The second kappa shape index (κ2) is 6.77. The van der Waals surface area contributed by atoms with Gasteiger partial charge in [-0.1, -0.05) is 6.58 Å². The molecule has 0 saturated carbocycles. The van der Waals surface area contributed by atoms with E-state index < -0.39 is 16.3 Å². The Hall–Kier alpha value is -0.920. The van der Waals surface area contributed by atoms with Crippen molar-refractivity contribution >= 4 is 16.3 Å². The molecule has 0 unspecified atom stereocenters. The fourth-order valence-corrected chi connectivity index (χ4v) is 0.447. The van der Waals surface area contributed by atoms with Crippen LogP contribution in [0.1, 0.15) is 6.92 Å². The summed E-state index contributed by atoms with van der Waals surface area (Å²) < 4.78 is 30.7. The second-order valence-electron chi connectivity index (χ2n) is 1.44. The van der Waals surface area contributed by atoms with Crippen LogP contribution >= 0.6 is 0 Å². The molecule has 0 atom stereocenters. The Bertz CT molecular complexity index is 232. The van der Waals surface area contributed by atoms with Gasteiger partial charge in [-0.05, 0) is 13.0 Å². The molecule has 0 saturated heterocycles. The lowest BCUT2D eigenvalue weighted by Crippen LogP contribution is -2.04. The number of nitrogens with two attached hydrogens (primary N) is 1. The minimum absolute atomic E-state index is 0.0289. The molecule has 0 spiro atoms. The van der Waals surface area contributed by atoms with Gasteiger partial charge in [0.2, 0.25) is 5.91 Å². The van der Waals surface area contributed by atoms with Crippen LogP contribution < -0.4 is 5.73 Å². The van der Waals surface area contributed by atoms with Gasteiger partial charge < -0.3 is 5.73 Å². The van der Waals surface area contributed by atoms with Crippen molar-refractivity contribution in [3.05, 3.63) is 12.7 Å². The van der Waals surface area contributed by atoms with Gasteiger partial charge in [0.05, 0.1) is 6.61 Å². The van der Waals surface area contributed by atoms with Crippen LogP contribution in [0.25, 0.3) is 0 Å². The van der Waals surface area contributed by atoms with Crippen molar-refractivity contribution < 1.29 is 21.9 Å². The van der Waals surface area contributed by atoms with Crippen LogP contribution in [0, 0.1) is 0 Å². The largest absolute Gasteiger partial charge is 0.397 e. The maximum absolute atomic E-state index is 9.56. The molecule has 0 aromatic carbocycles. The molecule has 0 bridgehead atoms. The van der Waals surface area contributed by atoms with E-state index >= 15 is 0 Å². The summed E-state index contributed by atoms with van der Waals surface area (Å²) in [5, 5.41) is 0. The van der Waals surface area contributed by atoms with E-state index in [-0.39, 0.29) is 6.61 Å². The summed E-state index contributed by atoms with van der Waals surface area (Å²) in [6.07, 6.45) is 1.06. The first-order valence-electron chi connectivity index (χ1n) is 2.87. The zero-order valence-electron chi connectivity index (χ0n) is 6.56. The molecule has 0 aliphatic heterocycles. The predicted octanol–water partition coefficient (Wildman–Crippen LogP) is -0.517. The first-order valence-corrected chi connectivity index (χ1v) is 4.23. The molecule has 0 heterocycles. The molecule has 0 radical (unpaired) electrons. The van der Waals surface area contributed by atoms with Gasteiger partial charge in [0.15, 0.2) is 0 Å². The topological polar surface area (TPSA) is 107 Å². The third kappa shape index (κ3) is 23.0. The lowest BCUT2D eigenvalue weighted by atomic mass is 10.6. The predicted molar refractivity (Wildman–Crippen MR) is 42.6 cm³/mol. The number of hydrogen-bond acceptors (Lipinski definition) is 4. The molecule has 7 heteroatoms. The lowest BCUT2D eigenvalue weighted by molar-refractivity contribution is -0.113. The van der Waals surface area contributed by atoms with Gasteiger partial charge in [-0.3, -0.25) is 9.35 Å². The van der Waals surface area contributed by atoms with E-state index in [1.165, 1.54) is 6.92 Å². The Balaban J connectivity index is 0. The third-order valence-corrected chi connectivity index (χ3v) is 1.00. The van der Waals surface area contributed by atoms with E-state index in [1.807, 2.05) is 0 Å². The van der Waals surface area contributed by atoms with Gasteiger partial charge in [0, 0.05) is 0 Å². The van der Waals surface area contributed by atoms with E-state index in [1.54, 1.807) is 0 Å². The van der Waals surface area contributed by atoms with Crippen LogP contribution in [0.5, 0.6) is 0 Å². The molecule has 0 aliphatic rings. The van der Waals surface area contributed by atoms with Crippen LogP contribution in [-0.4, -0.2) is 25.5 Å². The minimum atomic E-state index is -4.17. The number of carbonyl (C=O) groups is 1. The SMILES string of the molecule is C=CC(N)=O.CCOS(=O)(=O)O. The second-order valence-corrected chi connectivity index (χ2v) is 2.53. The molecular formula is C5H11NO5S. The number of hydrogen-bond donors (Lipinski definition) is 2. The summed E-state index contributed by atoms with van der Waals surface area (Å²) in [5.41, 5.74) is 4.53. The Morgan fingerprint density at radius 2 is 2.08 bits per heavy atom. The van der Waals surface area contributed by atoms with Crippen molar-refractivity contribution in [2.24, 2.45) is 5.73 Å². The minimum Gasteiger partial charge on any atom is -0.366 e. The molecule has 0 aliphatic carbocycles. The number of primary amides is 1. The highest BCUT2D eigenvalue weighted by atomic mass is 32.3. The Kier molecular flexibility index (Phi) is 7.70. The highest BCUT2D eigenvalue weighted by Gasteiger charge is 1.98. The average Bonchev–Trinajstić information content (AvgIpc) is 1.86. The number of carbonyl (C=O) groups excluding carboxylic acids is 1. The van der Waals surface area contributed by atoms with E-state index in [4.69, 9.17) is 4.55 Å². The lowest BCUT2D eigenvalue weighted by Gasteiger charge is -1.88. The summed E-state index contributed by atoms with van der Waals surface area (Å²) in [6, 6.07) is 0. The monoisotopic (exact) mass is 197 g/mol. The van der Waals surface area contributed by atoms with E-state index in [0.29, 0.717) is 0 Å². The van der Waals surface area contributed by atoms with Gasteiger partial charge in [-0.15, -0.1) is 0 Å². The molecule has 1 amide bonds. The van der Waals surface area contributed by atoms with Crippen LogP contribution in [-0.2, 0) is 19.4 Å². The molecule has 0 fully saturated rings. The van der Waals surface area contributed by atoms with Crippen molar-refractivity contribution in [3.63, 3.8) is 0 Å². The van der Waals surface area contributed by atoms with Crippen molar-refractivity contribution in [1.29, 1.82) is 0 Å². The number of amides is 1. The van der Waals surface area contributed by atoms with Gasteiger partial charge in [-0.25, -0.2) is 4.18 Å². The van der Waals surface area contributed by atoms with Gasteiger partial charge in [-0.2, -0.15) is 8.42 Å². The zero-order chi connectivity index (χ0) is 10.2. The van der Waals surface area contributed by atoms with Crippen LogP contribution in [0.15, 0.2) is 12.7 Å². The summed E-state index contributed by atoms with van der Waals surface area (Å²) in [4.78, 5) is 9.47. The Morgan fingerprint density at radius 3 is 2.08 bits per heavy atom. The van der Waals surface area contributed by atoms with Crippen molar-refractivity contribution in [2.75, 3.05) is 6.61 Å². The smallest absolute Gasteiger partial charge is 0.366 e. The highest BCUT2D eigenvalue weighted by molar-refractivity contribution is 7.80. The molecule has 0 rings (SSSR count). The summed E-state index contributed by atoms with van der Waals surface area (Å²) in [7, 11) is -4.17. The molecule has 3 N–H and O–H groups in total. The van der Waals surface area contributed by atoms with Gasteiger partial charge in [0.25, 0.3) is 0 Å². The molecule has 0 aromatic rings. The van der Waals surface area contributed by atoms with Crippen molar-refractivity contribution in [1.82, 2.24) is 0 Å². The Morgan fingerprint density at radius 1 is 1.75 bits per heavy atom. The molecule has 72 valence electrons. The van der Waals surface area contributed by atoms with E-state index in [2.05, 4.69) is 16.5 Å². The fourth-order valence-electron chi connectivity index (χ4n) is 0.149. The first kappa shape index (κ1) is 13.7.